The number of quaternary nitrogens is 1. The fourth-order valence-electron chi connectivity index (χ4n) is 3.32. The minimum absolute atomic E-state index is 0.408. The molecule has 0 radical (unpaired) electrons. The van der Waals surface area contributed by atoms with Crippen LogP contribution in [-0.4, -0.2) is 24.8 Å². The van der Waals surface area contributed by atoms with Gasteiger partial charge in [-0.3, -0.25) is 0 Å². The molecule has 0 amide bonds. The van der Waals surface area contributed by atoms with E-state index in [2.05, 4.69) is 18.8 Å². The summed E-state index contributed by atoms with van der Waals surface area (Å²) < 4.78 is 5.80. The zero-order valence-corrected chi connectivity index (χ0v) is 14.4. The van der Waals surface area contributed by atoms with E-state index in [-0.39, 0.29) is 0 Å². The molecule has 4 heteroatoms. The predicted molar refractivity (Wildman–Crippen MR) is 90.9 cm³/mol. The highest BCUT2D eigenvalue weighted by atomic mass is 16.5. The van der Waals surface area contributed by atoms with E-state index < -0.39 is 0 Å². The molecule has 23 heavy (non-hydrogen) atoms. The number of hydrogen-bond acceptors (Lipinski definition) is 2. The van der Waals surface area contributed by atoms with Gasteiger partial charge in [0.15, 0.2) is 5.69 Å². The quantitative estimate of drug-likeness (QED) is 0.885. The summed E-state index contributed by atoms with van der Waals surface area (Å²) in [4.78, 5) is 4.99. The molecule has 3 rings (SSSR count). The molecule has 4 nitrogen and oxygen atoms in total. The molecule has 1 aromatic heterocycles. The van der Waals surface area contributed by atoms with Crippen molar-refractivity contribution in [3.63, 3.8) is 0 Å². The Morgan fingerprint density at radius 3 is 2.70 bits per heavy atom. The van der Waals surface area contributed by atoms with Crippen LogP contribution in [0.2, 0.25) is 0 Å². The molecule has 2 heterocycles. The second kappa shape index (κ2) is 6.75. The van der Waals surface area contributed by atoms with Gasteiger partial charge < -0.3 is 14.7 Å². The van der Waals surface area contributed by atoms with Crippen LogP contribution in [0.1, 0.15) is 37.9 Å². The van der Waals surface area contributed by atoms with Crippen molar-refractivity contribution in [2.45, 2.75) is 40.2 Å². The Balaban J connectivity index is 1.93. The molecule has 1 saturated heterocycles. The highest BCUT2D eigenvalue weighted by molar-refractivity contribution is 5.84. The topological polar surface area (TPSA) is 48.0 Å². The number of ether oxygens (including phenoxy) is 1. The third-order valence-corrected chi connectivity index (χ3v) is 4.63. The van der Waals surface area contributed by atoms with Crippen LogP contribution < -0.4 is 14.6 Å². The molecule has 0 spiro atoms. The minimum atomic E-state index is 0.408. The summed E-state index contributed by atoms with van der Waals surface area (Å²) in [6.45, 7) is 10.3. The van der Waals surface area contributed by atoms with E-state index in [9.17, 15) is 5.11 Å². The Morgan fingerprint density at radius 1 is 1.26 bits per heavy atom. The first-order valence-corrected chi connectivity index (χ1v) is 8.68. The first-order valence-electron chi connectivity index (χ1n) is 8.68. The molecule has 1 aliphatic rings. The van der Waals surface area contributed by atoms with Gasteiger partial charge in [0.25, 0.3) is 0 Å². The van der Waals surface area contributed by atoms with Crippen LogP contribution in [0.4, 0.5) is 0 Å². The van der Waals surface area contributed by atoms with E-state index in [1.807, 2.05) is 25.1 Å². The van der Waals surface area contributed by atoms with Crippen molar-refractivity contribution < 1.29 is 19.7 Å². The van der Waals surface area contributed by atoms with Crippen LogP contribution in [0.15, 0.2) is 18.2 Å². The van der Waals surface area contributed by atoms with Crippen molar-refractivity contribution in [3.8, 4) is 11.5 Å². The molecule has 0 saturated carbocycles. The fraction of sp³-hybridized carbons (Fsp3) is 0.526. The summed E-state index contributed by atoms with van der Waals surface area (Å²) in [5.41, 5.74) is 3.05. The molecular weight excluding hydrogens is 288 g/mol. The zero-order valence-electron chi connectivity index (χ0n) is 14.4. The molecular formula is C19H28N2O2+2. The largest absolute Gasteiger partial charge is 0.506 e. The number of aryl methyl sites for hydroxylation is 1. The number of H-pyrrole nitrogens is 1. The molecule has 0 bridgehead atoms. The summed E-state index contributed by atoms with van der Waals surface area (Å²) in [5.74, 6) is 1.71. The molecule has 2 aromatic rings. The van der Waals surface area contributed by atoms with Crippen molar-refractivity contribution in [3.05, 3.63) is 29.5 Å². The van der Waals surface area contributed by atoms with Crippen molar-refractivity contribution in [2.24, 2.45) is 5.92 Å². The smallest absolute Gasteiger partial charge is 0.215 e. The van der Waals surface area contributed by atoms with Crippen LogP contribution in [0, 0.1) is 12.8 Å². The number of likely N-dealkylation sites (tertiary alicyclic amines) is 1. The lowest BCUT2D eigenvalue weighted by Crippen LogP contribution is -3.08. The molecule has 1 aliphatic heterocycles. The van der Waals surface area contributed by atoms with Gasteiger partial charge in [-0.15, -0.1) is 0 Å². The number of pyridine rings is 1. The van der Waals surface area contributed by atoms with Gasteiger partial charge in [0, 0.05) is 25.8 Å². The average Bonchev–Trinajstić information content (AvgIpc) is 3.03. The summed E-state index contributed by atoms with van der Waals surface area (Å²) in [5, 5.41) is 11.7. The van der Waals surface area contributed by atoms with E-state index in [0.717, 1.165) is 34.5 Å². The maximum absolute atomic E-state index is 10.8. The Hall–Kier alpha value is -1.81. The van der Waals surface area contributed by atoms with Gasteiger partial charge in [0.1, 0.15) is 23.6 Å². The van der Waals surface area contributed by atoms with Gasteiger partial charge in [-0.25, -0.2) is 4.98 Å². The SMILES string of the molecule is Cc1[nH+]c2ccc(OCC(C)C)cc2c(O)c1C[NH+]1CCCC1. The Kier molecular flexibility index (Phi) is 4.71. The lowest BCUT2D eigenvalue weighted by atomic mass is 10.1. The number of hydrogen-bond donors (Lipinski definition) is 2. The van der Waals surface area contributed by atoms with E-state index in [1.165, 1.54) is 25.9 Å². The van der Waals surface area contributed by atoms with Crippen molar-refractivity contribution >= 4 is 10.9 Å². The molecule has 1 fully saturated rings. The van der Waals surface area contributed by atoms with Crippen LogP contribution in [-0.2, 0) is 6.54 Å². The first-order chi connectivity index (χ1) is 11.0. The van der Waals surface area contributed by atoms with Gasteiger partial charge >= 0.3 is 0 Å². The molecule has 3 N–H and O–H groups in total. The first kappa shape index (κ1) is 16.1. The summed E-state index contributed by atoms with van der Waals surface area (Å²) in [6.07, 6.45) is 2.58. The van der Waals surface area contributed by atoms with Crippen LogP contribution in [0.5, 0.6) is 11.5 Å². The third kappa shape index (κ3) is 3.58. The standard InChI is InChI=1S/C19H26N2O2/c1-13(2)12-23-15-6-7-18-16(10-15)19(22)17(14(3)20-18)11-21-8-4-5-9-21/h6-7,10,13H,4-5,8-9,11-12H2,1-3H3,(H,20,22)/p+2. The van der Waals surface area contributed by atoms with E-state index in [1.54, 1.807) is 4.90 Å². The molecule has 0 aliphatic carbocycles. The van der Waals surface area contributed by atoms with E-state index in [0.29, 0.717) is 18.3 Å². The van der Waals surface area contributed by atoms with Crippen molar-refractivity contribution in [1.82, 2.24) is 0 Å². The molecule has 1 aromatic carbocycles. The molecule has 0 unspecified atom stereocenters. The lowest BCUT2D eigenvalue weighted by molar-refractivity contribution is -0.901. The monoisotopic (exact) mass is 316 g/mol. The lowest BCUT2D eigenvalue weighted by Gasteiger charge is -2.14. The summed E-state index contributed by atoms with van der Waals surface area (Å²) >= 11 is 0. The maximum atomic E-state index is 10.8. The predicted octanol–water partition coefficient (Wildman–Crippen LogP) is 1.88. The minimum Gasteiger partial charge on any atom is -0.506 e. The second-order valence-corrected chi connectivity index (χ2v) is 7.12. The number of nitrogens with one attached hydrogen (secondary N) is 2. The number of rotatable bonds is 5. The number of aromatic amines is 1. The highest BCUT2D eigenvalue weighted by Crippen LogP contribution is 2.30. The van der Waals surface area contributed by atoms with Gasteiger partial charge in [-0.05, 0) is 18.1 Å². The number of aromatic hydroxyl groups is 1. The highest BCUT2D eigenvalue weighted by Gasteiger charge is 2.24. The van der Waals surface area contributed by atoms with E-state index >= 15 is 0 Å². The van der Waals surface area contributed by atoms with Gasteiger partial charge in [0.05, 0.1) is 25.1 Å². The Labute approximate surface area is 138 Å². The molecule has 124 valence electrons. The normalized spacial score (nSPS) is 15.7. The number of benzene rings is 1. The van der Waals surface area contributed by atoms with Crippen molar-refractivity contribution in [1.29, 1.82) is 0 Å². The second-order valence-electron chi connectivity index (χ2n) is 7.12. The Morgan fingerprint density at radius 2 is 2.00 bits per heavy atom. The third-order valence-electron chi connectivity index (χ3n) is 4.63. The maximum Gasteiger partial charge on any atom is 0.215 e. The number of aromatic nitrogens is 1. The fourth-order valence-corrected chi connectivity index (χ4v) is 3.32. The van der Waals surface area contributed by atoms with Crippen LogP contribution >= 0.6 is 0 Å². The van der Waals surface area contributed by atoms with Gasteiger partial charge in [0.2, 0.25) is 5.52 Å². The molecule has 0 atom stereocenters. The van der Waals surface area contributed by atoms with Gasteiger partial charge in [-0.1, -0.05) is 13.8 Å². The van der Waals surface area contributed by atoms with Crippen LogP contribution in [0.25, 0.3) is 10.9 Å². The Bertz CT molecular complexity index is 691. The zero-order chi connectivity index (χ0) is 16.4. The van der Waals surface area contributed by atoms with Crippen molar-refractivity contribution in [2.75, 3.05) is 19.7 Å². The average molecular weight is 316 g/mol. The van der Waals surface area contributed by atoms with E-state index in [4.69, 9.17) is 4.74 Å². The summed E-state index contributed by atoms with van der Waals surface area (Å²) in [6, 6.07) is 5.90. The number of fused-ring (bicyclic) bond motifs is 1. The van der Waals surface area contributed by atoms with Gasteiger partial charge in [-0.2, -0.15) is 0 Å². The van der Waals surface area contributed by atoms with Crippen LogP contribution in [0.3, 0.4) is 0 Å². The summed E-state index contributed by atoms with van der Waals surface area (Å²) in [7, 11) is 0.